The number of ether oxygens (including phenoxy) is 8. The zero-order valence-corrected chi connectivity index (χ0v) is 45.4. The van der Waals surface area contributed by atoms with Gasteiger partial charge in [-0.05, 0) is 98.8 Å². The number of aliphatic hydroxyl groups excluding tert-OH is 2. The summed E-state index contributed by atoms with van der Waals surface area (Å²) in [6.07, 6.45) is 33.3. The maximum absolute atomic E-state index is 13.6. The van der Waals surface area contributed by atoms with E-state index in [-0.39, 0.29) is 57.8 Å². The number of hydrogen-bond acceptors (Lipinski definition) is 12. The highest BCUT2D eigenvalue weighted by Crippen LogP contribution is 2.34. The fraction of sp³-hybridized carbons (Fsp3) is 0.895. The second-order valence-electron chi connectivity index (χ2n) is 20.3. The van der Waals surface area contributed by atoms with Gasteiger partial charge in [0.25, 0.3) is 0 Å². The van der Waals surface area contributed by atoms with Crippen LogP contribution < -0.4 is 0 Å². The molecule has 0 aromatic heterocycles. The Kier molecular flexibility index (Phi) is 41.2. The van der Waals surface area contributed by atoms with Crippen molar-refractivity contribution in [2.75, 3.05) is 40.1 Å². The largest absolute Gasteiger partial charge is 0.463 e. The van der Waals surface area contributed by atoms with E-state index in [2.05, 4.69) is 38.2 Å². The van der Waals surface area contributed by atoms with Gasteiger partial charge >= 0.3 is 11.9 Å². The molecule has 406 valence electrons. The second-order valence-corrected chi connectivity index (χ2v) is 20.3. The molecular formula is C57H106O12. The van der Waals surface area contributed by atoms with Gasteiger partial charge in [-0.15, -0.1) is 0 Å². The van der Waals surface area contributed by atoms with E-state index in [1.54, 1.807) is 0 Å². The van der Waals surface area contributed by atoms with Crippen molar-refractivity contribution >= 4 is 11.9 Å². The van der Waals surface area contributed by atoms with Crippen LogP contribution in [0.4, 0.5) is 0 Å². The Morgan fingerprint density at radius 1 is 0.594 bits per heavy atom. The van der Waals surface area contributed by atoms with Crippen molar-refractivity contribution in [3.8, 4) is 0 Å². The van der Waals surface area contributed by atoms with E-state index >= 15 is 0 Å². The van der Waals surface area contributed by atoms with Crippen LogP contribution in [0.15, 0.2) is 24.3 Å². The summed E-state index contributed by atoms with van der Waals surface area (Å²) in [6, 6.07) is 0. The van der Waals surface area contributed by atoms with Crippen molar-refractivity contribution < 1.29 is 57.7 Å². The normalized spacial score (nSPS) is 19.8. The van der Waals surface area contributed by atoms with Crippen LogP contribution in [0.1, 0.15) is 235 Å². The average Bonchev–Trinajstić information content (AvgIpc) is 3.31. The lowest BCUT2D eigenvalue weighted by Crippen LogP contribution is -2.64. The minimum Gasteiger partial charge on any atom is -0.463 e. The quantitative estimate of drug-likeness (QED) is 0.0340. The monoisotopic (exact) mass is 983 g/mol. The molecule has 0 radical (unpaired) electrons. The molecule has 1 fully saturated rings. The molecule has 1 heterocycles. The fourth-order valence-corrected chi connectivity index (χ4v) is 8.67. The van der Waals surface area contributed by atoms with Crippen molar-refractivity contribution in [1.29, 1.82) is 0 Å². The van der Waals surface area contributed by atoms with E-state index in [9.17, 15) is 19.8 Å². The number of methoxy groups -OCH3 is 1. The molecule has 69 heavy (non-hydrogen) atoms. The predicted octanol–water partition coefficient (Wildman–Crippen LogP) is 13.0. The van der Waals surface area contributed by atoms with Crippen molar-refractivity contribution in [2.45, 2.75) is 289 Å². The van der Waals surface area contributed by atoms with Crippen molar-refractivity contribution in [3.63, 3.8) is 0 Å². The predicted molar refractivity (Wildman–Crippen MR) is 278 cm³/mol. The maximum atomic E-state index is 13.6. The molecule has 0 spiro atoms. The fourth-order valence-electron chi connectivity index (χ4n) is 8.67. The number of esters is 2. The second kappa shape index (κ2) is 43.7. The molecule has 1 saturated heterocycles. The van der Waals surface area contributed by atoms with E-state index in [4.69, 9.17) is 37.9 Å². The van der Waals surface area contributed by atoms with E-state index < -0.39 is 54.5 Å². The Balaban J connectivity index is 2.93. The van der Waals surface area contributed by atoms with Crippen LogP contribution in [0.5, 0.6) is 0 Å². The van der Waals surface area contributed by atoms with Crippen LogP contribution in [-0.2, 0) is 47.5 Å². The molecule has 2 N–H and O–H groups in total. The molecule has 0 bridgehead atoms. The number of carbonyl (C=O) groups is 2. The molecule has 1 aliphatic rings. The first-order chi connectivity index (χ1) is 33.4. The lowest BCUT2D eigenvalue weighted by atomic mass is 9.95. The van der Waals surface area contributed by atoms with Gasteiger partial charge in [0, 0.05) is 33.0 Å². The van der Waals surface area contributed by atoms with Crippen LogP contribution in [0, 0.1) is 0 Å². The van der Waals surface area contributed by atoms with Gasteiger partial charge in [-0.1, -0.05) is 141 Å². The first-order valence-corrected chi connectivity index (χ1v) is 28.0. The molecule has 0 aromatic carbocycles. The third-order valence-corrected chi connectivity index (χ3v) is 12.6. The van der Waals surface area contributed by atoms with Crippen LogP contribution in [0.25, 0.3) is 0 Å². The number of hydrogen-bond donors (Lipinski definition) is 2. The first kappa shape index (κ1) is 65.1. The molecule has 0 aliphatic carbocycles. The SMILES string of the molecule is CCCCCCCC/C=C\CCCCCCCC(=O)OCC1OC(OC)C(OC(=O)CCCCCCC/C=C\CCCCCCCC)C(OC(C)(C)CC(O)COC(C)C)C1OCC(O)COCC. The Morgan fingerprint density at radius 3 is 1.55 bits per heavy atom. The lowest BCUT2D eigenvalue weighted by Gasteiger charge is -2.47. The van der Waals surface area contributed by atoms with E-state index in [1.165, 1.54) is 90.6 Å². The third-order valence-electron chi connectivity index (χ3n) is 12.6. The third kappa shape index (κ3) is 35.8. The van der Waals surface area contributed by atoms with E-state index in [0.29, 0.717) is 13.0 Å². The van der Waals surface area contributed by atoms with Crippen LogP contribution in [0.3, 0.4) is 0 Å². The maximum Gasteiger partial charge on any atom is 0.306 e. The Morgan fingerprint density at radius 2 is 1.07 bits per heavy atom. The Bertz CT molecular complexity index is 1260. The van der Waals surface area contributed by atoms with Crippen LogP contribution in [0.2, 0.25) is 0 Å². The topological polar surface area (TPSA) is 148 Å². The van der Waals surface area contributed by atoms with Gasteiger partial charge in [0.1, 0.15) is 31.0 Å². The summed E-state index contributed by atoms with van der Waals surface area (Å²) in [4.78, 5) is 26.7. The van der Waals surface area contributed by atoms with Gasteiger partial charge in [-0.2, -0.15) is 0 Å². The molecule has 12 nitrogen and oxygen atoms in total. The van der Waals surface area contributed by atoms with Crippen LogP contribution in [-0.4, -0.2) is 117 Å². The molecule has 12 heteroatoms. The Hall–Kier alpha value is -1.90. The standard InChI is InChI=1S/C57H106O12/c1-9-12-14-16-18-20-22-24-26-28-30-32-34-36-38-40-51(60)65-46-50-53(66-45-49(59)43-63-11-3)54(69-57(6,7)42-48(58)44-64-47(4)5)55(56(62-8)67-50)68-52(61)41-39-37-35-33-31-29-27-25-23-21-19-17-15-13-10-2/h24-27,47-50,53-56,58-59H,9-23,28-46H2,1-8H3/b26-24-,27-25-. The summed E-state index contributed by atoms with van der Waals surface area (Å²) in [5.74, 6) is -0.764. The molecule has 7 atom stereocenters. The highest BCUT2D eigenvalue weighted by molar-refractivity contribution is 5.70. The molecule has 0 aromatic rings. The molecule has 0 saturated carbocycles. The molecule has 1 rings (SSSR count). The number of unbranched alkanes of at least 4 members (excludes halogenated alkanes) is 22. The summed E-state index contributed by atoms with van der Waals surface area (Å²) in [5, 5.41) is 21.8. The van der Waals surface area contributed by atoms with Crippen molar-refractivity contribution in [3.05, 3.63) is 24.3 Å². The van der Waals surface area contributed by atoms with Gasteiger partial charge < -0.3 is 48.1 Å². The number of carbonyl (C=O) groups excluding carboxylic acids is 2. The summed E-state index contributed by atoms with van der Waals surface area (Å²) in [7, 11) is 1.47. The van der Waals surface area contributed by atoms with Crippen molar-refractivity contribution in [2.24, 2.45) is 0 Å². The number of aliphatic hydroxyl groups is 2. The Labute approximate surface area is 422 Å². The molecule has 7 unspecified atom stereocenters. The number of allylic oxidation sites excluding steroid dienone is 4. The first-order valence-electron chi connectivity index (χ1n) is 28.0. The molecule has 0 amide bonds. The van der Waals surface area contributed by atoms with Gasteiger partial charge in [0.15, 0.2) is 12.4 Å². The van der Waals surface area contributed by atoms with Crippen LogP contribution >= 0.6 is 0 Å². The van der Waals surface area contributed by atoms with E-state index in [1.807, 2.05) is 34.6 Å². The molecule has 1 aliphatic heterocycles. The summed E-state index contributed by atoms with van der Waals surface area (Å²) >= 11 is 0. The highest BCUT2D eigenvalue weighted by Gasteiger charge is 2.52. The van der Waals surface area contributed by atoms with Gasteiger partial charge in [-0.3, -0.25) is 9.59 Å². The summed E-state index contributed by atoms with van der Waals surface area (Å²) < 4.78 is 48.6. The minimum atomic E-state index is -1.08. The average molecular weight is 983 g/mol. The lowest BCUT2D eigenvalue weighted by molar-refractivity contribution is -0.325. The molecular weight excluding hydrogens is 877 g/mol. The smallest absolute Gasteiger partial charge is 0.306 e. The zero-order chi connectivity index (χ0) is 50.8. The summed E-state index contributed by atoms with van der Waals surface area (Å²) in [6.45, 7) is 14.1. The van der Waals surface area contributed by atoms with Gasteiger partial charge in [-0.25, -0.2) is 0 Å². The summed E-state index contributed by atoms with van der Waals surface area (Å²) in [5.41, 5.74) is -0.981. The van der Waals surface area contributed by atoms with Crippen molar-refractivity contribution in [1.82, 2.24) is 0 Å². The highest BCUT2D eigenvalue weighted by atomic mass is 16.7. The zero-order valence-electron chi connectivity index (χ0n) is 45.4. The van der Waals surface area contributed by atoms with E-state index in [0.717, 1.165) is 77.0 Å². The minimum absolute atomic E-state index is 0.0494. The number of rotatable bonds is 47. The van der Waals surface area contributed by atoms with Gasteiger partial charge in [0.2, 0.25) is 0 Å². The van der Waals surface area contributed by atoms with Gasteiger partial charge in [0.05, 0.1) is 37.6 Å².